The number of nitrogens with zero attached hydrogens (tertiary/aromatic N) is 3. The van der Waals surface area contributed by atoms with Crippen molar-refractivity contribution in [3.63, 3.8) is 0 Å². The molecule has 0 aliphatic carbocycles. The summed E-state index contributed by atoms with van der Waals surface area (Å²) in [6.45, 7) is 2.18. The number of hydrogen-bond donors (Lipinski definition) is 1. The summed E-state index contributed by atoms with van der Waals surface area (Å²) in [6, 6.07) is 9.75. The second kappa shape index (κ2) is 12.0. The predicted molar refractivity (Wildman–Crippen MR) is 143 cm³/mol. The third-order valence-electron chi connectivity index (χ3n) is 5.77. The fourth-order valence-electron chi connectivity index (χ4n) is 3.78. The molecule has 0 unspecified atom stereocenters. The first kappa shape index (κ1) is 26.3. The molecular weight excluding hydrogens is 495 g/mol. The number of hydrazone groups is 1. The number of aliphatic imine (C=N–C) groups is 1. The maximum atomic E-state index is 13.1. The van der Waals surface area contributed by atoms with Crippen molar-refractivity contribution >= 4 is 45.8 Å². The van der Waals surface area contributed by atoms with Crippen LogP contribution in [0.3, 0.4) is 0 Å². The van der Waals surface area contributed by atoms with Gasteiger partial charge >= 0.3 is 5.97 Å². The molecule has 0 saturated heterocycles. The lowest BCUT2D eigenvalue weighted by Gasteiger charge is -2.20. The summed E-state index contributed by atoms with van der Waals surface area (Å²) in [5, 5.41) is 15.7. The highest BCUT2D eigenvalue weighted by Crippen LogP contribution is 2.32. The van der Waals surface area contributed by atoms with Crippen LogP contribution in [-0.2, 0) is 4.79 Å². The lowest BCUT2D eigenvalue weighted by Crippen LogP contribution is -2.35. The Hall–Kier alpha value is -3.79. The van der Waals surface area contributed by atoms with Gasteiger partial charge < -0.3 is 9.47 Å². The Balaban J connectivity index is 1.48. The number of hydrogen-bond acceptors (Lipinski definition) is 7. The van der Waals surface area contributed by atoms with Crippen LogP contribution < -0.4 is 9.47 Å². The van der Waals surface area contributed by atoms with E-state index >= 15 is 0 Å². The van der Waals surface area contributed by atoms with Crippen molar-refractivity contribution in [2.24, 2.45) is 10.1 Å². The van der Waals surface area contributed by atoms with Gasteiger partial charge in [-0.1, -0.05) is 38.7 Å². The highest BCUT2D eigenvalue weighted by Gasteiger charge is 2.35. The van der Waals surface area contributed by atoms with E-state index in [1.165, 1.54) is 79.6 Å². The Morgan fingerprint density at radius 3 is 2.59 bits per heavy atom. The number of rotatable bonds is 10. The molecule has 2 aromatic carbocycles. The van der Waals surface area contributed by atoms with Gasteiger partial charge in [0, 0.05) is 0 Å². The van der Waals surface area contributed by atoms with Gasteiger partial charge in [0.25, 0.3) is 5.91 Å². The van der Waals surface area contributed by atoms with E-state index < -0.39 is 17.7 Å². The van der Waals surface area contributed by atoms with E-state index in [4.69, 9.17) is 14.9 Å². The van der Waals surface area contributed by atoms with Crippen LogP contribution in [0.5, 0.6) is 11.5 Å². The molecule has 1 N–H and O–H groups in total. The molecule has 2 heterocycles. The normalized spacial score (nSPS) is 16.0. The van der Waals surface area contributed by atoms with Gasteiger partial charge in [-0.15, -0.1) is 0 Å². The van der Waals surface area contributed by atoms with Crippen LogP contribution in [0.15, 0.2) is 58.1 Å². The molecule has 0 saturated carbocycles. The van der Waals surface area contributed by atoms with Crippen molar-refractivity contribution in [2.75, 3.05) is 7.11 Å². The molecule has 37 heavy (non-hydrogen) atoms. The lowest BCUT2D eigenvalue weighted by atomic mass is 10.1. The largest absolute Gasteiger partial charge is 0.493 e. The molecule has 192 valence electrons. The minimum Gasteiger partial charge on any atom is -0.493 e. The fraction of sp³-hybridized carbons (Fsp3) is 0.296. The first-order valence-corrected chi connectivity index (χ1v) is 12.9. The number of thioether (sulfide) groups is 1. The van der Waals surface area contributed by atoms with Crippen LogP contribution in [-0.4, -0.2) is 40.0 Å². The first-order chi connectivity index (χ1) is 17.9. The first-order valence-electron chi connectivity index (χ1n) is 12.0. The Morgan fingerprint density at radius 1 is 1.11 bits per heavy atom. The number of unbranched alkanes of at least 4 members (excludes halogenated alkanes) is 4. The minimum atomic E-state index is -0.666. The van der Waals surface area contributed by atoms with E-state index in [0.29, 0.717) is 10.7 Å². The zero-order chi connectivity index (χ0) is 26.4. The predicted octanol–water partition coefficient (Wildman–Crippen LogP) is 6.03. The number of amides is 1. The van der Waals surface area contributed by atoms with Crippen molar-refractivity contribution in [2.45, 2.75) is 45.4 Å². The van der Waals surface area contributed by atoms with E-state index in [2.05, 4.69) is 17.0 Å². The number of halogens is 1. The SMILES string of the molecule is CCCCCCCC1=NN2C(=N)C(=Cc3ccc(OC(=O)c4ccc(F)cc4)c(OC)c3)C(=O)N=C2S1. The summed E-state index contributed by atoms with van der Waals surface area (Å²) < 4.78 is 23.9. The molecule has 2 aliphatic heterocycles. The van der Waals surface area contributed by atoms with Crippen molar-refractivity contribution in [3.05, 3.63) is 65.0 Å². The molecule has 0 aromatic heterocycles. The number of methoxy groups -OCH3 is 1. The standard InChI is InChI=1S/C27H27FN4O4S/c1-3-4-5-6-7-8-23-31-32-24(29)20(25(33)30-27(32)37-23)15-17-9-14-21(22(16-17)35-2)36-26(34)18-10-12-19(28)13-11-18/h9-16,29H,3-8H2,1-2H3. The number of amidine groups is 2. The molecule has 1 amide bonds. The van der Waals surface area contributed by atoms with E-state index in [0.717, 1.165) is 24.3 Å². The maximum absolute atomic E-state index is 13.1. The number of ether oxygens (including phenoxy) is 2. The highest BCUT2D eigenvalue weighted by molar-refractivity contribution is 8.26. The summed E-state index contributed by atoms with van der Waals surface area (Å²) in [6.07, 6.45) is 8.04. The van der Waals surface area contributed by atoms with Crippen molar-refractivity contribution in [1.82, 2.24) is 5.01 Å². The number of fused-ring (bicyclic) bond motifs is 1. The Bertz CT molecular complexity index is 1300. The smallest absolute Gasteiger partial charge is 0.343 e. The van der Waals surface area contributed by atoms with Crippen LogP contribution in [0.1, 0.15) is 61.4 Å². The molecule has 2 aromatic rings. The Kier molecular flexibility index (Phi) is 8.50. The molecule has 4 rings (SSSR count). The van der Waals surface area contributed by atoms with Crippen LogP contribution in [0.25, 0.3) is 6.08 Å². The number of benzene rings is 2. The molecular formula is C27H27FN4O4S. The Morgan fingerprint density at radius 2 is 1.86 bits per heavy atom. The molecule has 0 spiro atoms. The van der Waals surface area contributed by atoms with Crippen molar-refractivity contribution in [1.29, 1.82) is 5.41 Å². The van der Waals surface area contributed by atoms with Crippen molar-refractivity contribution in [3.8, 4) is 11.5 Å². The quantitative estimate of drug-likeness (QED) is 0.177. The minimum absolute atomic E-state index is 0.0470. The number of nitrogens with one attached hydrogen (secondary N) is 1. The lowest BCUT2D eigenvalue weighted by molar-refractivity contribution is -0.114. The number of esters is 1. The van der Waals surface area contributed by atoms with Gasteiger partial charge in [0.05, 0.1) is 18.2 Å². The van der Waals surface area contributed by atoms with Crippen molar-refractivity contribution < 1.29 is 23.5 Å². The van der Waals surface area contributed by atoms with Crippen LogP contribution in [0.2, 0.25) is 0 Å². The van der Waals surface area contributed by atoms with Gasteiger partial charge in [-0.05, 0) is 72.6 Å². The van der Waals surface area contributed by atoms with Gasteiger partial charge in [-0.3, -0.25) is 10.2 Å². The summed E-state index contributed by atoms with van der Waals surface area (Å²) >= 11 is 1.33. The molecule has 0 radical (unpaired) electrons. The van der Waals surface area contributed by atoms with Gasteiger partial charge in [-0.2, -0.15) is 15.1 Å². The molecule has 0 atom stereocenters. The van der Waals surface area contributed by atoms with Crippen LogP contribution in [0.4, 0.5) is 4.39 Å². The second-order valence-corrected chi connectivity index (χ2v) is 9.53. The molecule has 2 aliphatic rings. The molecule has 0 bridgehead atoms. The summed E-state index contributed by atoms with van der Waals surface area (Å²) in [5.74, 6) is -1.27. The van der Waals surface area contributed by atoms with Gasteiger partial charge in [0.1, 0.15) is 10.9 Å². The van der Waals surface area contributed by atoms with Crippen LogP contribution >= 0.6 is 11.8 Å². The third-order valence-corrected chi connectivity index (χ3v) is 6.74. The number of carbonyl (C=O) groups is 2. The summed E-state index contributed by atoms with van der Waals surface area (Å²) in [4.78, 5) is 29.3. The average molecular weight is 523 g/mol. The molecule has 0 fully saturated rings. The van der Waals surface area contributed by atoms with E-state index in [-0.39, 0.29) is 28.5 Å². The average Bonchev–Trinajstić information content (AvgIpc) is 3.30. The topological polar surface area (TPSA) is 104 Å². The zero-order valence-electron chi connectivity index (χ0n) is 20.6. The van der Waals surface area contributed by atoms with E-state index in [1.807, 2.05) is 0 Å². The Labute approximate surface area is 218 Å². The van der Waals surface area contributed by atoms with Crippen LogP contribution in [0, 0.1) is 11.2 Å². The maximum Gasteiger partial charge on any atom is 0.343 e. The second-order valence-electron chi connectivity index (χ2n) is 8.48. The van der Waals surface area contributed by atoms with Gasteiger partial charge in [0.2, 0.25) is 5.17 Å². The van der Waals surface area contributed by atoms with Gasteiger partial charge in [0.15, 0.2) is 17.3 Å². The molecule has 10 heteroatoms. The van der Waals surface area contributed by atoms with E-state index in [1.54, 1.807) is 12.1 Å². The zero-order valence-corrected chi connectivity index (χ0v) is 21.4. The monoisotopic (exact) mass is 522 g/mol. The van der Waals surface area contributed by atoms with Gasteiger partial charge in [-0.25, -0.2) is 9.18 Å². The van der Waals surface area contributed by atoms with E-state index in [9.17, 15) is 14.0 Å². The highest BCUT2D eigenvalue weighted by atomic mass is 32.2. The summed E-state index contributed by atoms with van der Waals surface area (Å²) in [7, 11) is 1.42. The fourth-order valence-corrected chi connectivity index (χ4v) is 4.71. The summed E-state index contributed by atoms with van der Waals surface area (Å²) in [5.41, 5.74) is 0.835. The molecule has 8 nitrogen and oxygen atoms in total. The number of carbonyl (C=O) groups excluding carboxylic acids is 2. The third kappa shape index (κ3) is 6.32.